The monoisotopic (exact) mass is 320 g/mol. The van der Waals surface area contributed by atoms with E-state index in [-0.39, 0.29) is 6.03 Å². The quantitative estimate of drug-likeness (QED) is 0.848. The van der Waals surface area contributed by atoms with Crippen molar-refractivity contribution in [2.24, 2.45) is 5.92 Å². The molecule has 22 heavy (non-hydrogen) atoms. The molecular formula is C17H24N2O2S. The van der Waals surface area contributed by atoms with Crippen LogP contribution in [0.2, 0.25) is 0 Å². The highest BCUT2D eigenvalue weighted by molar-refractivity contribution is 7.84. The third-order valence-electron chi connectivity index (χ3n) is 3.94. The zero-order chi connectivity index (χ0) is 15.9. The molecule has 120 valence electrons. The molecule has 0 aromatic heterocycles. The summed E-state index contributed by atoms with van der Waals surface area (Å²) in [6, 6.07) is 7.51. The molecule has 0 saturated heterocycles. The number of urea groups is 1. The van der Waals surface area contributed by atoms with Crippen molar-refractivity contribution in [2.45, 2.75) is 30.7 Å². The minimum atomic E-state index is -0.963. The number of allylic oxidation sites excluding steroid dienone is 2. The molecule has 2 rings (SSSR count). The van der Waals surface area contributed by atoms with Crippen LogP contribution in [-0.4, -0.2) is 35.0 Å². The first kappa shape index (κ1) is 16.7. The van der Waals surface area contributed by atoms with Gasteiger partial charge in [-0.05, 0) is 42.9 Å². The number of hydrogen-bond donors (Lipinski definition) is 1. The molecule has 0 saturated carbocycles. The number of carbonyl (C=O) groups is 1. The predicted octanol–water partition coefficient (Wildman–Crippen LogP) is 2.92. The highest BCUT2D eigenvalue weighted by Gasteiger charge is 2.13. The minimum absolute atomic E-state index is 0.0438. The van der Waals surface area contributed by atoms with Gasteiger partial charge in [-0.2, -0.15) is 0 Å². The van der Waals surface area contributed by atoms with Gasteiger partial charge in [-0.25, -0.2) is 4.79 Å². The lowest BCUT2D eigenvalue weighted by Gasteiger charge is -2.22. The molecule has 1 N–H and O–H groups in total. The van der Waals surface area contributed by atoms with E-state index in [1.165, 1.54) is 0 Å². The van der Waals surface area contributed by atoms with Crippen LogP contribution in [-0.2, 0) is 17.3 Å². The third-order valence-corrected chi connectivity index (χ3v) is 4.88. The maximum Gasteiger partial charge on any atom is 0.317 e. The van der Waals surface area contributed by atoms with E-state index in [1.807, 2.05) is 24.3 Å². The average molecular weight is 320 g/mol. The first-order valence-electron chi connectivity index (χ1n) is 7.62. The van der Waals surface area contributed by atoms with Crippen molar-refractivity contribution in [3.63, 3.8) is 0 Å². The second-order valence-corrected chi connectivity index (χ2v) is 7.17. The molecule has 0 bridgehead atoms. The minimum Gasteiger partial charge on any atom is -0.338 e. The Kier molecular flexibility index (Phi) is 6.19. The first-order valence-corrected chi connectivity index (χ1v) is 9.18. The van der Waals surface area contributed by atoms with Gasteiger partial charge in [-0.3, -0.25) is 4.21 Å². The number of benzene rings is 1. The van der Waals surface area contributed by atoms with Crippen LogP contribution >= 0.6 is 0 Å². The van der Waals surface area contributed by atoms with Gasteiger partial charge in [-0.15, -0.1) is 0 Å². The van der Waals surface area contributed by atoms with Crippen molar-refractivity contribution >= 4 is 16.8 Å². The van der Waals surface area contributed by atoms with Gasteiger partial charge in [0.2, 0.25) is 0 Å². The van der Waals surface area contributed by atoms with E-state index in [9.17, 15) is 9.00 Å². The van der Waals surface area contributed by atoms with Gasteiger partial charge in [-0.1, -0.05) is 24.3 Å². The molecule has 2 amide bonds. The van der Waals surface area contributed by atoms with E-state index < -0.39 is 10.8 Å². The smallest absolute Gasteiger partial charge is 0.317 e. The van der Waals surface area contributed by atoms with Crippen LogP contribution in [0, 0.1) is 5.92 Å². The Bertz CT molecular complexity index is 554. The maximum absolute atomic E-state index is 12.1. The summed E-state index contributed by atoms with van der Waals surface area (Å²) in [5.41, 5.74) is 1.03. The van der Waals surface area contributed by atoms with Crippen LogP contribution in [0.5, 0.6) is 0 Å². The van der Waals surface area contributed by atoms with Gasteiger partial charge in [0, 0.05) is 42.1 Å². The summed E-state index contributed by atoms with van der Waals surface area (Å²) in [5.74, 6) is 0.557. The van der Waals surface area contributed by atoms with Gasteiger partial charge in [0.1, 0.15) is 0 Å². The average Bonchev–Trinajstić information content (AvgIpc) is 2.54. The van der Waals surface area contributed by atoms with E-state index in [1.54, 1.807) is 18.2 Å². The largest absolute Gasteiger partial charge is 0.338 e. The maximum atomic E-state index is 12.1. The third kappa shape index (κ3) is 4.98. The summed E-state index contributed by atoms with van der Waals surface area (Å²) < 4.78 is 11.4. The molecule has 1 aromatic rings. The lowest BCUT2D eigenvalue weighted by molar-refractivity contribution is 0.204. The zero-order valence-corrected chi connectivity index (χ0v) is 14.1. The molecule has 0 heterocycles. The molecule has 0 aliphatic heterocycles. The van der Waals surface area contributed by atoms with Gasteiger partial charge in [0.05, 0.1) is 0 Å². The van der Waals surface area contributed by atoms with Crippen molar-refractivity contribution in [2.75, 3.05) is 19.8 Å². The van der Waals surface area contributed by atoms with Crippen molar-refractivity contribution in [3.05, 3.63) is 42.0 Å². The summed E-state index contributed by atoms with van der Waals surface area (Å²) in [5, 5.41) is 3.01. The molecule has 1 aliphatic rings. The lowest BCUT2D eigenvalue weighted by atomic mass is 9.94. The molecule has 0 spiro atoms. The van der Waals surface area contributed by atoms with E-state index >= 15 is 0 Å². The summed E-state index contributed by atoms with van der Waals surface area (Å²) in [4.78, 5) is 14.6. The van der Waals surface area contributed by atoms with Crippen LogP contribution in [0.25, 0.3) is 0 Å². The highest BCUT2D eigenvalue weighted by atomic mass is 32.2. The lowest BCUT2D eigenvalue weighted by Crippen LogP contribution is -2.39. The SMILES string of the molecule is CN(Cc1ccc(S(C)=O)cc1)C(=O)NCC1CC=CCC1. The number of nitrogens with zero attached hydrogens (tertiary/aromatic N) is 1. The molecular weight excluding hydrogens is 296 g/mol. The van der Waals surface area contributed by atoms with Crippen LogP contribution in [0.1, 0.15) is 24.8 Å². The first-order chi connectivity index (χ1) is 10.6. The van der Waals surface area contributed by atoms with Crippen LogP contribution in [0.15, 0.2) is 41.3 Å². The molecule has 1 aromatic carbocycles. The summed E-state index contributed by atoms with van der Waals surface area (Å²) in [6.07, 6.45) is 9.38. The van der Waals surface area contributed by atoms with Crippen LogP contribution in [0.3, 0.4) is 0 Å². The summed E-state index contributed by atoms with van der Waals surface area (Å²) in [6.45, 7) is 1.29. The second-order valence-electron chi connectivity index (χ2n) is 5.79. The number of hydrogen-bond acceptors (Lipinski definition) is 2. The molecule has 0 fully saturated rings. The fourth-order valence-corrected chi connectivity index (χ4v) is 3.06. The molecule has 2 atom stereocenters. The zero-order valence-electron chi connectivity index (χ0n) is 13.2. The van der Waals surface area contributed by atoms with E-state index in [0.717, 1.165) is 36.3 Å². The Morgan fingerprint density at radius 2 is 2.05 bits per heavy atom. The number of nitrogens with one attached hydrogen (secondary N) is 1. The molecule has 5 heteroatoms. The fourth-order valence-electron chi connectivity index (χ4n) is 2.54. The number of amides is 2. The second kappa shape index (κ2) is 8.13. The van der Waals surface area contributed by atoms with Gasteiger partial charge < -0.3 is 10.2 Å². The Balaban J connectivity index is 1.80. The Hall–Kier alpha value is -1.62. The molecule has 1 aliphatic carbocycles. The fraction of sp³-hybridized carbons (Fsp3) is 0.471. The topological polar surface area (TPSA) is 49.4 Å². The van der Waals surface area contributed by atoms with Gasteiger partial charge in [0.25, 0.3) is 0 Å². The Labute approximate surface area is 135 Å². The van der Waals surface area contributed by atoms with Crippen molar-refractivity contribution < 1.29 is 9.00 Å². The molecule has 4 nitrogen and oxygen atoms in total. The van der Waals surface area contributed by atoms with Gasteiger partial charge in [0.15, 0.2) is 0 Å². The van der Waals surface area contributed by atoms with Crippen molar-refractivity contribution in [1.82, 2.24) is 10.2 Å². The summed E-state index contributed by atoms with van der Waals surface area (Å²) >= 11 is 0. The van der Waals surface area contributed by atoms with E-state index in [0.29, 0.717) is 12.5 Å². The standard InChI is InChI=1S/C17H24N2O2S/c1-19(13-15-8-10-16(11-9-15)22(2)21)17(20)18-12-14-6-4-3-5-7-14/h3-4,8-11,14H,5-7,12-13H2,1-2H3,(H,18,20). The Morgan fingerprint density at radius 3 is 2.64 bits per heavy atom. The molecule has 2 unspecified atom stereocenters. The van der Waals surface area contributed by atoms with Crippen LogP contribution < -0.4 is 5.32 Å². The van der Waals surface area contributed by atoms with E-state index in [4.69, 9.17) is 0 Å². The number of rotatable bonds is 5. The van der Waals surface area contributed by atoms with Crippen molar-refractivity contribution in [3.8, 4) is 0 Å². The predicted molar refractivity (Wildman–Crippen MR) is 90.1 cm³/mol. The molecule has 0 radical (unpaired) electrons. The highest BCUT2D eigenvalue weighted by Crippen LogP contribution is 2.17. The van der Waals surface area contributed by atoms with Crippen molar-refractivity contribution in [1.29, 1.82) is 0 Å². The van der Waals surface area contributed by atoms with Crippen LogP contribution in [0.4, 0.5) is 4.79 Å². The normalized spacial score (nSPS) is 18.7. The van der Waals surface area contributed by atoms with Gasteiger partial charge >= 0.3 is 6.03 Å². The number of carbonyl (C=O) groups excluding carboxylic acids is 1. The Morgan fingerprint density at radius 1 is 1.32 bits per heavy atom. The van der Waals surface area contributed by atoms with E-state index in [2.05, 4.69) is 17.5 Å². The summed E-state index contributed by atoms with van der Waals surface area (Å²) in [7, 11) is 0.830.